The van der Waals surface area contributed by atoms with Crippen LogP contribution in [0.3, 0.4) is 0 Å². The van der Waals surface area contributed by atoms with Gasteiger partial charge in [-0.05, 0) is 55.0 Å². The minimum atomic E-state index is -3.55. The summed E-state index contributed by atoms with van der Waals surface area (Å²) in [7, 11) is -3.55. The van der Waals surface area contributed by atoms with Crippen LogP contribution in [0.2, 0.25) is 5.02 Å². The molecule has 142 valence electrons. The van der Waals surface area contributed by atoms with Crippen molar-refractivity contribution in [3.63, 3.8) is 0 Å². The predicted molar refractivity (Wildman–Crippen MR) is 105 cm³/mol. The van der Waals surface area contributed by atoms with Gasteiger partial charge in [-0.1, -0.05) is 11.6 Å². The van der Waals surface area contributed by atoms with Gasteiger partial charge in [0.2, 0.25) is 11.8 Å². The van der Waals surface area contributed by atoms with Crippen LogP contribution in [-0.4, -0.2) is 32.5 Å². The molecule has 0 bridgehead atoms. The van der Waals surface area contributed by atoms with Crippen LogP contribution in [0.5, 0.6) is 0 Å². The Kier molecular flexibility index (Phi) is 5.82. The number of benzene rings is 2. The molecule has 1 aliphatic rings. The van der Waals surface area contributed by atoms with Gasteiger partial charge in [0.1, 0.15) is 0 Å². The molecule has 0 radical (unpaired) electrons. The van der Waals surface area contributed by atoms with E-state index < -0.39 is 15.7 Å². The molecular formula is C19H19ClN2O4S. The molecule has 3 rings (SSSR count). The van der Waals surface area contributed by atoms with E-state index in [2.05, 4.69) is 5.32 Å². The zero-order valence-corrected chi connectivity index (χ0v) is 16.1. The van der Waals surface area contributed by atoms with E-state index in [0.29, 0.717) is 23.7 Å². The number of amides is 2. The van der Waals surface area contributed by atoms with Crippen molar-refractivity contribution in [2.75, 3.05) is 22.5 Å². The molecule has 0 aromatic heterocycles. The Morgan fingerprint density at radius 3 is 2.33 bits per heavy atom. The van der Waals surface area contributed by atoms with Gasteiger partial charge in [-0.15, -0.1) is 0 Å². The van der Waals surface area contributed by atoms with Crippen LogP contribution >= 0.6 is 11.6 Å². The maximum Gasteiger partial charge on any atom is 0.227 e. The number of hydrogen-bond donors (Lipinski definition) is 1. The smallest absolute Gasteiger partial charge is 0.227 e. The number of anilines is 2. The van der Waals surface area contributed by atoms with Gasteiger partial charge in [0.05, 0.1) is 10.6 Å². The number of sulfone groups is 1. The molecule has 2 aromatic carbocycles. The standard InChI is InChI=1S/C19H19ClN2O4S/c20-14-3-9-17(10-4-14)27(25,26)13-11-18(23)21-15-5-7-16(8-6-15)22-12-1-2-19(22)24/h3-10H,1-2,11-13H2,(H,21,23). The second-order valence-corrected chi connectivity index (χ2v) is 8.81. The molecule has 0 aliphatic carbocycles. The number of hydrogen-bond acceptors (Lipinski definition) is 4. The number of carbonyl (C=O) groups excluding carboxylic acids is 2. The number of rotatable bonds is 6. The molecule has 0 spiro atoms. The Morgan fingerprint density at radius 2 is 1.74 bits per heavy atom. The average molecular weight is 407 g/mol. The van der Waals surface area contributed by atoms with Crippen LogP contribution in [0.1, 0.15) is 19.3 Å². The van der Waals surface area contributed by atoms with Crippen LogP contribution < -0.4 is 10.2 Å². The Hall–Kier alpha value is -2.38. The first kappa shape index (κ1) is 19.4. The average Bonchev–Trinajstić information content (AvgIpc) is 3.07. The number of nitrogens with one attached hydrogen (secondary N) is 1. The van der Waals surface area contributed by atoms with Crippen LogP contribution in [-0.2, 0) is 19.4 Å². The second-order valence-electron chi connectivity index (χ2n) is 6.27. The van der Waals surface area contributed by atoms with Crippen molar-refractivity contribution in [1.29, 1.82) is 0 Å². The van der Waals surface area contributed by atoms with E-state index in [4.69, 9.17) is 11.6 Å². The molecule has 1 saturated heterocycles. The van der Waals surface area contributed by atoms with Crippen molar-refractivity contribution >= 4 is 44.6 Å². The maximum absolute atomic E-state index is 12.3. The summed E-state index contributed by atoms with van der Waals surface area (Å²) in [5, 5.41) is 3.13. The van der Waals surface area contributed by atoms with Crippen LogP contribution in [0.15, 0.2) is 53.4 Å². The van der Waals surface area contributed by atoms with Crippen LogP contribution in [0, 0.1) is 0 Å². The lowest BCUT2D eigenvalue weighted by Gasteiger charge is -2.16. The Bertz CT molecular complexity index is 941. The lowest BCUT2D eigenvalue weighted by Crippen LogP contribution is -2.23. The molecule has 1 N–H and O–H groups in total. The summed E-state index contributed by atoms with van der Waals surface area (Å²) in [5.74, 6) is -0.586. The Balaban J connectivity index is 1.56. The van der Waals surface area contributed by atoms with Crippen molar-refractivity contribution in [2.45, 2.75) is 24.2 Å². The third kappa shape index (κ3) is 4.87. The molecule has 0 saturated carbocycles. The minimum Gasteiger partial charge on any atom is -0.326 e. The fourth-order valence-electron chi connectivity index (χ4n) is 2.86. The lowest BCUT2D eigenvalue weighted by atomic mass is 10.2. The molecule has 27 heavy (non-hydrogen) atoms. The van der Waals surface area contributed by atoms with Crippen LogP contribution in [0.4, 0.5) is 11.4 Å². The van der Waals surface area contributed by atoms with E-state index in [1.165, 1.54) is 24.3 Å². The van der Waals surface area contributed by atoms with Gasteiger partial charge in [-0.3, -0.25) is 9.59 Å². The third-order valence-electron chi connectivity index (χ3n) is 4.31. The topological polar surface area (TPSA) is 83.6 Å². The first-order valence-electron chi connectivity index (χ1n) is 8.54. The first-order valence-corrected chi connectivity index (χ1v) is 10.6. The molecule has 1 heterocycles. The van der Waals surface area contributed by atoms with E-state index in [1.54, 1.807) is 29.2 Å². The third-order valence-corrected chi connectivity index (χ3v) is 6.29. The molecular weight excluding hydrogens is 388 g/mol. The summed E-state index contributed by atoms with van der Waals surface area (Å²) < 4.78 is 24.5. The van der Waals surface area contributed by atoms with E-state index in [-0.39, 0.29) is 23.0 Å². The predicted octanol–water partition coefficient (Wildman–Crippen LogP) is 3.27. The van der Waals surface area contributed by atoms with Gasteiger partial charge < -0.3 is 10.2 Å². The van der Waals surface area contributed by atoms with Crippen LogP contribution in [0.25, 0.3) is 0 Å². The van der Waals surface area contributed by atoms with E-state index in [0.717, 1.165) is 12.1 Å². The summed E-state index contributed by atoms with van der Waals surface area (Å²) >= 11 is 5.76. The summed E-state index contributed by atoms with van der Waals surface area (Å²) in [6.07, 6.45) is 1.25. The van der Waals surface area contributed by atoms with Crippen molar-refractivity contribution in [3.8, 4) is 0 Å². The highest BCUT2D eigenvalue weighted by atomic mass is 35.5. The molecule has 0 atom stereocenters. The quantitative estimate of drug-likeness (QED) is 0.797. The van der Waals surface area contributed by atoms with Crippen molar-refractivity contribution in [1.82, 2.24) is 0 Å². The van der Waals surface area contributed by atoms with E-state index in [1.807, 2.05) is 0 Å². The first-order chi connectivity index (χ1) is 12.8. The van der Waals surface area contributed by atoms with Gasteiger partial charge in [0.15, 0.2) is 9.84 Å². The fourth-order valence-corrected chi connectivity index (χ4v) is 4.22. The van der Waals surface area contributed by atoms with Crippen molar-refractivity contribution in [2.24, 2.45) is 0 Å². The van der Waals surface area contributed by atoms with Gasteiger partial charge in [-0.25, -0.2) is 8.42 Å². The van der Waals surface area contributed by atoms with Gasteiger partial charge in [-0.2, -0.15) is 0 Å². The summed E-state index contributed by atoms with van der Waals surface area (Å²) in [4.78, 5) is 25.7. The highest BCUT2D eigenvalue weighted by Crippen LogP contribution is 2.23. The lowest BCUT2D eigenvalue weighted by molar-refractivity contribution is -0.117. The van der Waals surface area contributed by atoms with E-state index >= 15 is 0 Å². The molecule has 8 heteroatoms. The van der Waals surface area contributed by atoms with Crippen molar-refractivity contribution in [3.05, 3.63) is 53.6 Å². The number of halogens is 1. The number of carbonyl (C=O) groups is 2. The largest absolute Gasteiger partial charge is 0.326 e. The highest BCUT2D eigenvalue weighted by Gasteiger charge is 2.21. The zero-order valence-electron chi connectivity index (χ0n) is 14.5. The maximum atomic E-state index is 12.3. The highest BCUT2D eigenvalue weighted by molar-refractivity contribution is 7.91. The fraction of sp³-hybridized carbons (Fsp3) is 0.263. The summed E-state index contributed by atoms with van der Waals surface area (Å²) in [6.45, 7) is 0.701. The normalized spacial score (nSPS) is 14.4. The molecule has 0 unspecified atom stereocenters. The van der Waals surface area contributed by atoms with Crippen molar-refractivity contribution < 1.29 is 18.0 Å². The Morgan fingerprint density at radius 1 is 1.07 bits per heavy atom. The molecule has 2 aromatic rings. The summed E-state index contributed by atoms with van der Waals surface area (Å²) in [6, 6.07) is 12.8. The van der Waals surface area contributed by atoms with Gasteiger partial charge in [0, 0.05) is 35.8 Å². The van der Waals surface area contributed by atoms with Gasteiger partial charge in [0.25, 0.3) is 0 Å². The SMILES string of the molecule is O=C(CCS(=O)(=O)c1ccc(Cl)cc1)Nc1ccc(N2CCCC2=O)cc1. The molecule has 1 fully saturated rings. The van der Waals surface area contributed by atoms with Gasteiger partial charge >= 0.3 is 0 Å². The molecule has 2 amide bonds. The van der Waals surface area contributed by atoms with E-state index in [9.17, 15) is 18.0 Å². The zero-order chi connectivity index (χ0) is 19.4. The Labute approximate surface area is 163 Å². The monoisotopic (exact) mass is 406 g/mol. The second kappa shape index (κ2) is 8.10. The molecule has 1 aliphatic heterocycles. The minimum absolute atomic E-state index is 0.0965. The molecule has 6 nitrogen and oxygen atoms in total. The number of nitrogens with zero attached hydrogens (tertiary/aromatic N) is 1. The summed E-state index contributed by atoms with van der Waals surface area (Å²) in [5.41, 5.74) is 1.35.